The van der Waals surface area contributed by atoms with Crippen molar-refractivity contribution in [1.82, 2.24) is 19.7 Å². The molecule has 2 aromatic rings. The molecule has 1 fully saturated rings. The third kappa shape index (κ3) is 4.96. The lowest BCUT2D eigenvalue weighted by Crippen LogP contribution is -2.49. The molecule has 0 atom stereocenters. The number of carbonyl (C=O) groups is 2. The maximum absolute atomic E-state index is 12.6. The van der Waals surface area contributed by atoms with Crippen LogP contribution in [0.25, 0.3) is 0 Å². The van der Waals surface area contributed by atoms with Gasteiger partial charge >= 0.3 is 0 Å². The second-order valence-corrected chi connectivity index (χ2v) is 7.88. The van der Waals surface area contributed by atoms with E-state index in [1.54, 1.807) is 4.57 Å². The maximum Gasteiger partial charge on any atom is 0.233 e. The molecular formula is C18H23ClN6O2S. The van der Waals surface area contributed by atoms with Crippen LogP contribution in [0.15, 0.2) is 29.4 Å². The van der Waals surface area contributed by atoms with Gasteiger partial charge in [-0.3, -0.25) is 9.59 Å². The van der Waals surface area contributed by atoms with Crippen molar-refractivity contribution in [2.24, 2.45) is 12.8 Å². The zero-order valence-corrected chi connectivity index (χ0v) is 17.2. The lowest BCUT2D eigenvalue weighted by atomic mass is 10.2. The van der Waals surface area contributed by atoms with Crippen LogP contribution in [0.3, 0.4) is 0 Å². The summed E-state index contributed by atoms with van der Waals surface area (Å²) in [7, 11) is 1.82. The van der Waals surface area contributed by atoms with Gasteiger partial charge in [-0.2, -0.15) is 0 Å². The smallest absolute Gasteiger partial charge is 0.233 e. The summed E-state index contributed by atoms with van der Waals surface area (Å²) < 4.78 is 1.80. The van der Waals surface area contributed by atoms with Crippen LogP contribution in [0, 0.1) is 0 Å². The van der Waals surface area contributed by atoms with E-state index in [9.17, 15) is 9.59 Å². The Morgan fingerprint density at radius 1 is 1.18 bits per heavy atom. The topological polar surface area (TPSA) is 97.3 Å². The van der Waals surface area contributed by atoms with Crippen molar-refractivity contribution in [1.29, 1.82) is 0 Å². The summed E-state index contributed by atoms with van der Waals surface area (Å²) in [6.45, 7) is 2.82. The SMILES string of the molecule is Cn1c(CCC(N)=O)nnc1SCC(=O)N1CCN(c2ccccc2Cl)CC1. The molecule has 28 heavy (non-hydrogen) atoms. The van der Waals surface area contributed by atoms with Gasteiger partial charge < -0.3 is 20.1 Å². The lowest BCUT2D eigenvalue weighted by Gasteiger charge is -2.36. The molecule has 0 aliphatic carbocycles. The van der Waals surface area contributed by atoms with Crippen LogP contribution in [0.1, 0.15) is 12.2 Å². The van der Waals surface area contributed by atoms with E-state index < -0.39 is 0 Å². The molecule has 0 bridgehead atoms. The van der Waals surface area contributed by atoms with E-state index in [-0.39, 0.29) is 18.2 Å². The second kappa shape index (κ2) is 9.29. The summed E-state index contributed by atoms with van der Waals surface area (Å²) in [5.74, 6) is 0.685. The van der Waals surface area contributed by atoms with Gasteiger partial charge in [0, 0.05) is 46.1 Å². The van der Waals surface area contributed by atoms with Crippen LogP contribution >= 0.6 is 23.4 Å². The zero-order chi connectivity index (χ0) is 20.1. The van der Waals surface area contributed by atoms with E-state index in [2.05, 4.69) is 15.1 Å². The van der Waals surface area contributed by atoms with Crippen molar-refractivity contribution in [2.75, 3.05) is 36.8 Å². The van der Waals surface area contributed by atoms with Crippen LogP contribution in [0.2, 0.25) is 5.02 Å². The minimum Gasteiger partial charge on any atom is -0.370 e. The van der Waals surface area contributed by atoms with Crippen LogP contribution in [-0.2, 0) is 23.1 Å². The summed E-state index contributed by atoms with van der Waals surface area (Å²) in [6, 6.07) is 7.76. The minimum atomic E-state index is -0.372. The molecule has 1 saturated heterocycles. The Labute approximate surface area is 173 Å². The first-order valence-corrected chi connectivity index (χ1v) is 10.4. The fraction of sp³-hybridized carbons (Fsp3) is 0.444. The number of hydrogen-bond donors (Lipinski definition) is 1. The molecule has 8 nitrogen and oxygen atoms in total. The highest BCUT2D eigenvalue weighted by Crippen LogP contribution is 2.26. The first-order valence-electron chi connectivity index (χ1n) is 9.02. The van der Waals surface area contributed by atoms with E-state index >= 15 is 0 Å². The Morgan fingerprint density at radius 2 is 1.89 bits per heavy atom. The van der Waals surface area contributed by atoms with E-state index in [0.29, 0.717) is 36.2 Å². The number of aryl methyl sites for hydroxylation is 1. The zero-order valence-electron chi connectivity index (χ0n) is 15.7. The third-order valence-electron chi connectivity index (χ3n) is 4.67. The van der Waals surface area contributed by atoms with E-state index in [1.807, 2.05) is 36.2 Å². The molecule has 2 amide bonds. The van der Waals surface area contributed by atoms with Gasteiger partial charge in [-0.25, -0.2) is 0 Å². The summed E-state index contributed by atoms with van der Waals surface area (Å²) in [6.07, 6.45) is 0.669. The molecule has 1 aliphatic heterocycles. The highest BCUT2D eigenvalue weighted by atomic mass is 35.5. The van der Waals surface area contributed by atoms with Crippen molar-refractivity contribution in [2.45, 2.75) is 18.0 Å². The summed E-state index contributed by atoms with van der Waals surface area (Å²) in [4.78, 5) is 27.5. The van der Waals surface area contributed by atoms with Gasteiger partial charge in [-0.05, 0) is 12.1 Å². The number of halogens is 1. The fourth-order valence-electron chi connectivity index (χ4n) is 3.05. The number of benzene rings is 1. The van der Waals surface area contributed by atoms with E-state index in [0.717, 1.165) is 23.8 Å². The molecule has 1 aromatic heterocycles. The maximum atomic E-state index is 12.6. The molecule has 3 rings (SSSR count). The van der Waals surface area contributed by atoms with Crippen molar-refractivity contribution in [3.05, 3.63) is 35.1 Å². The molecule has 2 heterocycles. The molecule has 1 aromatic carbocycles. The van der Waals surface area contributed by atoms with E-state index in [1.165, 1.54) is 11.8 Å². The monoisotopic (exact) mass is 422 g/mol. The van der Waals surface area contributed by atoms with Crippen LogP contribution in [0.5, 0.6) is 0 Å². The highest BCUT2D eigenvalue weighted by Gasteiger charge is 2.23. The summed E-state index contributed by atoms with van der Waals surface area (Å²) in [5.41, 5.74) is 6.18. The third-order valence-corrected chi connectivity index (χ3v) is 5.99. The number of anilines is 1. The van der Waals surface area contributed by atoms with Crippen molar-refractivity contribution >= 4 is 40.9 Å². The predicted octanol–water partition coefficient (Wildman–Crippen LogP) is 1.33. The van der Waals surface area contributed by atoms with Gasteiger partial charge in [-0.1, -0.05) is 35.5 Å². The number of amides is 2. The fourth-order valence-corrected chi connectivity index (χ4v) is 4.13. The number of para-hydroxylation sites is 1. The molecule has 150 valence electrons. The quantitative estimate of drug-likeness (QED) is 0.676. The molecule has 0 radical (unpaired) electrons. The normalized spacial score (nSPS) is 14.4. The average molecular weight is 423 g/mol. The molecule has 2 N–H and O–H groups in total. The number of primary amides is 1. The number of nitrogens with zero attached hydrogens (tertiary/aromatic N) is 5. The van der Waals surface area contributed by atoms with Crippen LogP contribution in [-0.4, -0.2) is 63.4 Å². The number of aromatic nitrogens is 3. The number of carbonyl (C=O) groups excluding carboxylic acids is 2. The first kappa shape index (κ1) is 20.5. The van der Waals surface area contributed by atoms with Crippen LogP contribution < -0.4 is 10.6 Å². The highest BCUT2D eigenvalue weighted by molar-refractivity contribution is 7.99. The van der Waals surface area contributed by atoms with Gasteiger partial charge in [0.25, 0.3) is 0 Å². The average Bonchev–Trinajstić information content (AvgIpc) is 3.04. The Balaban J connectivity index is 1.49. The molecule has 0 spiro atoms. The molecule has 1 aliphatic rings. The summed E-state index contributed by atoms with van der Waals surface area (Å²) >= 11 is 7.61. The number of rotatable bonds is 7. The lowest BCUT2D eigenvalue weighted by molar-refractivity contribution is -0.128. The number of thioether (sulfide) groups is 1. The van der Waals surface area contributed by atoms with Gasteiger partial charge in [0.05, 0.1) is 16.5 Å². The largest absolute Gasteiger partial charge is 0.370 e. The Morgan fingerprint density at radius 3 is 2.57 bits per heavy atom. The number of piperazine rings is 1. The van der Waals surface area contributed by atoms with Gasteiger partial charge in [0.2, 0.25) is 11.8 Å². The van der Waals surface area contributed by atoms with Crippen molar-refractivity contribution in [3.63, 3.8) is 0 Å². The van der Waals surface area contributed by atoms with Crippen molar-refractivity contribution in [3.8, 4) is 0 Å². The number of nitrogens with two attached hydrogens (primary N) is 1. The minimum absolute atomic E-state index is 0.0745. The van der Waals surface area contributed by atoms with Gasteiger partial charge in [-0.15, -0.1) is 10.2 Å². The molecular weight excluding hydrogens is 400 g/mol. The molecule has 0 unspecified atom stereocenters. The Kier molecular flexibility index (Phi) is 6.79. The van der Waals surface area contributed by atoms with Crippen LogP contribution in [0.4, 0.5) is 5.69 Å². The second-order valence-electron chi connectivity index (χ2n) is 6.53. The van der Waals surface area contributed by atoms with E-state index in [4.69, 9.17) is 17.3 Å². The number of hydrogen-bond acceptors (Lipinski definition) is 6. The summed E-state index contributed by atoms with van der Waals surface area (Å²) in [5, 5.41) is 9.56. The Bertz CT molecular complexity index is 850. The molecule has 10 heteroatoms. The Hall–Kier alpha value is -2.26. The first-order chi connectivity index (χ1) is 13.5. The van der Waals surface area contributed by atoms with Gasteiger partial charge in [0.15, 0.2) is 5.16 Å². The van der Waals surface area contributed by atoms with Gasteiger partial charge in [0.1, 0.15) is 5.82 Å². The predicted molar refractivity (Wildman–Crippen MR) is 109 cm³/mol. The standard InChI is InChI=1S/C18H23ClN6O2S/c1-23-16(7-6-15(20)26)21-22-18(23)28-12-17(27)25-10-8-24(9-11-25)14-5-3-2-4-13(14)19/h2-5H,6-12H2,1H3,(H2,20,26). The molecule has 0 saturated carbocycles. The van der Waals surface area contributed by atoms with Crippen molar-refractivity contribution < 1.29 is 9.59 Å².